The van der Waals surface area contributed by atoms with Gasteiger partial charge in [0.05, 0.1) is 5.54 Å². The molecule has 2 nitrogen and oxygen atoms in total. The fourth-order valence-electron chi connectivity index (χ4n) is 3.03. The molecule has 0 amide bonds. The van der Waals surface area contributed by atoms with Gasteiger partial charge >= 0.3 is 0 Å². The standard InChI is InChI=1S/C17H25NO/c1-5-17(4,18-11-6-7-12-18)16(19)15-10-8-9-13(2)14(15)3/h8-10H,5-7,11-12H2,1-4H3. The van der Waals surface area contributed by atoms with Crippen LogP contribution < -0.4 is 0 Å². The number of ketones is 1. The van der Waals surface area contributed by atoms with E-state index in [1.54, 1.807) is 0 Å². The fourth-order valence-corrected chi connectivity index (χ4v) is 3.03. The lowest BCUT2D eigenvalue weighted by molar-refractivity contribution is 0.0647. The minimum atomic E-state index is -0.338. The zero-order valence-electron chi connectivity index (χ0n) is 12.6. The van der Waals surface area contributed by atoms with Gasteiger partial charge in [-0.3, -0.25) is 9.69 Å². The Hall–Kier alpha value is -1.15. The van der Waals surface area contributed by atoms with Gasteiger partial charge in [0.15, 0.2) is 5.78 Å². The van der Waals surface area contributed by atoms with Crippen LogP contribution in [0.15, 0.2) is 18.2 Å². The Bertz CT molecular complexity index is 474. The third kappa shape index (κ3) is 2.46. The van der Waals surface area contributed by atoms with E-state index in [9.17, 15) is 4.79 Å². The summed E-state index contributed by atoms with van der Waals surface area (Å²) in [5, 5.41) is 0. The lowest BCUT2D eigenvalue weighted by Crippen LogP contribution is -2.50. The lowest BCUT2D eigenvalue weighted by atomic mass is 9.84. The molecule has 2 rings (SSSR count). The molecule has 0 bridgehead atoms. The number of Topliss-reactive ketones (excluding diaryl/α,β-unsaturated/α-hetero) is 1. The molecule has 0 spiro atoms. The van der Waals surface area contributed by atoms with Gasteiger partial charge < -0.3 is 0 Å². The number of likely N-dealkylation sites (tertiary alicyclic amines) is 1. The molecular formula is C17H25NO. The SMILES string of the molecule is CCC(C)(C(=O)c1cccc(C)c1C)N1CCCC1. The average Bonchev–Trinajstić information content (AvgIpc) is 2.94. The smallest absolute Gasteiger partial charge is 0.183 e. The van der Waals surface area contributed by atoms with Crippen LogP contribution >= 0.6 is 0 Å². The zero-order chi connectivity index (χ0) is 14.0. The average molecular weight is 259 g/mol. The maximum absolute atomic E-state index is 13.0. The van der Waals surface area contributed by atoms with Crippen molar-refractivity contribution >= 4 is 5.78 Å². The van der Waals surface area contributed by atoms with Crippen molar-refractivity contribution < 1.29 is 4.79 Å². The summed E-state index contributed by atoms with van der Waals surface area (Å²) in [5.41, 5.74) is 2.89. The molecule has 0 saturated carbocycles. The van der Waals surface area contributed by atoms with E-state index in [0.717, 1.165) is 30.6 Å². The van der Waals surface area contributed by atoms with E-state index >= 15 is 0 Å². The van der Waals surface area contributed by atoms with E-state index in [-0.39, 0.29) is 11.3 Å². The topological polar surface area (TPSA) is 20.3 Å². The van der Waals surface area contributed by atoms with Crippen LogP contribution in [0.25, 0.3) is 0 Å². The first-order chi connectivity index (χ1) is 9.00. The zero-order valence-corrected chi connectivity index (χ0v) is 12.6. The molecule has 104 valence electrons. The van der Waals surface area contributed by atoms with Crippen molar-refractivity contribution in [3.63, 3.8) is 0 Å². The Morgan fingerprint density at radius 2 is 1.89 bits per heavy atom. The summed E-state index contributed by atoms with van der Waals surface area (Å²) in [6, 6.07) is 6.05. The Morgan fingerprint density at radius 3 is 2.47 bits per heavy atom. The van der Waals surface area contributed by atoms with Gasteiger partial charge in [-0.25, -0.2) is 0 Å². The summed E-state index contributed by atoms with van der Waals surface area (Å²) < 4.78 is 0. The summed E-state index contributed by atoms with van der Waals surface area (Å²) >= 11 is 0. The molecule has 1 fully saturated rings. The number of nitrogens with zero attached hydrogens (tertiary/aromatic N) is 1. The van der Waals surface area contributed by atoms with E-state index in [0.29, 0.717) is 0 Å². The fraction of sp³-hybridized carbons (Fsp3) is 0.588. The Kier molecular flexibility index (Phi) is 4.10. The highest BCUT2D eigenvalue weighted by atomic mass is 16.1. The van der Waals surface area contributed by atoms with Gasteiger partial charge in [0, 0.05) is 5.56 Å². The molecule has 1 aliphatic rings. The van der Waals surface area contributed by atoms with Crippen LogP contribution in [0.3, 0.4) is 0 Å². The van der Waals surface area contributed by atoms with Crippen molar-refractivity contribution in [2.75, 3.05) is 13.1 Å². The summed E-state index contributed by atoms with van der Waals surface area (Å²) in [7, 11) is 0. The van der Waals surface area contributed by atoms with Gasteiger partial charge in [0.25, 0.3) is 0 Å². The third-order valence-electron chi connectivity index (χ3n) is 4.83. The molecule has 1 unspecified atom stereocenters. The Labute approximate surface area is 116 Å². The van der Waals surface area contributed by atoms with Gasteiger partial charge in [0.1, 0.15) is 0 Å². The molecule has 1 atom stereocenters. The van der Waals surface area contributed by atoms with Gasteiger partial charge in [-0.05, 0) is 64.3 Å². The van der Waals surface area contributed by atoms with Crippen LogP contribution in [0.4, 0.5) is 0 Å². The number of benzene rings is 1. The number of rotatable bonds is 4. The van der Waals surface area contributed by atoms with Crippen molar-refractivity contribution in [1.29, 1.82) is 0 Å². The van der Waals surface area contributed by atoms with Crippen LogP contribution in [0.1, 0.15) is 54.6 Å². The number of hydrogen-bond acceptors (Lipinski definition) is 2. The highest BCUT2D eigenvalue weighted by molar-refractivity contribution is 6.04. The Morgan fingerprint density at radius 1 is 1.26 bits per heavy atom. The maximum Gasteiger partial charge on any atom is 0.183 e. The lowest BCUT2D eigenvalue weighted by Gasteiger charge is -2.37. The van der Waals surface area contributed by atoms with E-state index in [1.807, 2.05) is 12.1 Å². The first kappa shape index (κ1) is 14.3. The molecule has 0 radical (unpaired) electrons. The van der Waals surface area contributed by atoms with Crippen molar-refractivity contribution in [2.24, 2.45) is 0 Å². The normalized spacial score (nSPS) is 19.4. The molecule has 2 heteroatoms. The minimum Gasteiger partial charge on any atom is -0.292 e. The third-order valence-corrected chi connectivity index (χ3v) is 4.83. The van der Waals surface area contributed by atoms with Gasteiger partial charge in [0.2, 0.25) is 0 Å². The second-order valence-corrected chi connectivity index (χ2v) is 5.90. The van der Waals surface area contributed by atoms with Gasteiger partial charge in [-0.1, -0.05) is 25.1 Å². The molecule has 1 aromatic carbocycles. The van der Waals surface area contributed by atoms with Crippen molar-refractivity contribution in [3.05, 3.63) is 34.9 Å². The van der Waals surface area contributed by atoms with Crippen LogP contribution in [0, 0.1) is 13.8 Å². The summed E-state index contributed by atoms with van der Waals surface area (Å²) in [5.74, 6) is 0.290. The molecule has 1 aromatic rings. The van der Waals surface area contributed by atoms with Crippen molar-refractivity contribution in [2.45, 2.75) is 52.5 Å². The molecule has 0 aliphatic carbocycles. The molecule has 1 heterocycles. The number of carbonyl (C=O) groups is 1. The van der Waals surface area contributed by atoms with Crippen LogP contribution in [0.5, 0.6) is 0 Å². The van der Waals surface area contributed by atoms with Crippen LogP contribution in [-0.4, -0.2) is 29.3 Å². The Balaban J connectivity index is 2.37. The summed E-state index contributed by atoms with van der Waals surface area (Å²) in [6.07, 6.45) is 3.31. The largest absolute Gasteiger partial charge is 0.292 e. The molecule has 19 heavy (non-hydrogen) atoms. The predicted molar refractivity (Wildman–Crippen MR) is 79.7 cm³/mol. The molecule has 0 aromatic heterocycles. The number of hydrogen-bond donors (Lipinski definition) is 0. The van der Waals surface area contributed by atoms with Gasteiger partial charge in [-0.15, -0.1) is 0 Å². The van der Waals surface area contributed by atoms with E-state index in [4.69, 9.17) is 0 Å². The summed E-state index contributed by atoms with van der Waals surface area (Å²) in [4.78, 5) is 15.4. The predicted octanol–water partition coefficient (Wildman–Crippen LogP) is 3.75. The maximum atomic E-state index is 13.0. The minimum absolute atomic E-state index is 0.290. The molecular weight excluding hydrogens is 234 g/mol. The first-order valence-electron chi connectivity index (χ1n) is 7.36. The quantitative estimate of drug-likeness (QED) is 0.768. The number of carbonyl (C=O) groups excluding carboxylic acids is 1. The second-order valence-electron chi connectivity index (χ2n) is 5.90. The first-order valence-corrected chi connectivity index (χ1v) is 7.36. The van der Waals surface area contributed by atoms with E-state index < -0.39 is 0 Å². The molecule has 0 N–H and O–H groups in total. The number of aryl methyl sites for hydroxylation is 1. The van der Waals surface area contributed by atoms with Crippen LogP contribution in [-0.2, 0) is 0 Å². The second kappa shape index (κ2) is 5.46. The molecule has 1 saturated heterocycles. The van der Waals surface area contributed by atoms with Crippen LogP contribution in [0.2, 0.25) is 0 Å². The molecule has 1 aliphatic heterocycles. The van der Waals surface area contributed by atoms with Crippen molar-refractivity contribution in [1.82, 2.24) is 4.90 Å². The van der Waals surface area contributed by atoms with Gasteiger partial charge in [-0.2, -0.15) is 0 Å². The highest BCUT2D eigenvalue weighted by Gasteiger charge is 2.39. The monoisotopic (exact) mass is 259 g/mol. The van der Waals surface area contributed by atoms with E-state index in [1.165, 1.54) is 18.4 Å². The summed E-state index contributed by atoms with van der Waals surface area (Å²) in [6.45, 7) is 10.5. The highest BCUT2D eigenvalue weighted by Crippen LogP contribution is 2.29. The van der Waals surface area contributed by atoms with E-state index in [2.05, 4.69) is 38.7 Å². The van der Waals surface area contributed by atoms with Crippen molar-refractivity contribution in [3.8, 4) is 0 Å².